The first kappa shape index (κ1) is 15.4. The lowest BCUT2D eigenvalue weighted by Gasteiger charge is -2.20. The molecule has 2 aromatic rings. The molecule has 0 aliphatic heterocycles. The van der Waals surface area contributed by atoms with Crippen molar-refractivity contribution in [3.8, 4) is 5.69 Å². The van der Waals surface area contributed by atoms with Gasteiger partial charge < -0.3 is 10.0 Å². The Morgan fingerprint density at radius 3 is 2.83 bits per heavy atom. The first-order chi connectivity index (χ1) is 11.7. The zero-order chi connectivity index (χ0) is 16.7. The Morgan fingerprint density at radius 2 is 2.12 bits per heavy atom. The topological polar surface area (TPSA) is 58.4 Å². The number of rotatable bonds is 5. The summed E-state index contributed by atoms with van der Waals surface area (Å²) in [5, 5.41) is 14.0. The number of aliphatic hydroxyl groups is 1. The van der Waals surface area contributed by atoms with Crippen LogP contribution in [0.5, 0.6) is 0 Å². The molecule has 1 aromatic carbocycles. The SMILES string of the molecule is Cc1ccccc1-n1nc(C(=O)N(CCO)C2CC2)c2c1CCC2. The van der Waals surface area contributed by atoms with E-state index in [1.165, 1.54) is 5.69 Å². The first-order valence-corrected chi connectivity index (χ1v) is 8.79. The molecule has 1 amide bonds. The van der Waals surface area contributed by atoms with Crippen molar-refractivity contribution < 1.29 is 9.90 Å². The van der Waals surface area contributed by atoms with Crippen LogP contribution in [-0.2, 0) is 12.8 Å². The predicted octanol–water partition coefficient (Wildman–Crippen LogP) is 2.27. The summed E-state index contributed by atoms with van der Waals surface area (Å²) in [5.41, 5.74) is 5.07. The number of para-hydroxylation sites is 1. The highest BCUT2D eigenvalue weighted by Gasteiger charge is 2.36. The molecule has 0 atom stereocenters. The lowest BCUT2D eigenvalue weighted by atomic mass is 10.1. The predicted molar refractivity (Wildman–Crippen MR) is 91.5 cm³/mol. The van der Waals surface area contributed by atoms with E-state index < -0.39 is 0 Å². The largest absolute Gasteiger partial charge is 0.395 e. The second-order valence-electron chi connectivity index (χ2n) is 6.78. The highest BCUT2D eigenvalue weighted by Crippen LogP contribution is 2.32. The molecule has 0 unspecified atom stereocenters. The van der Waals surface area contributed by atoms with Crippen LogP contribution < -0.4 is 0 Å². The summed E-state index contributed by atoms with van der Waals surface area (Å²) >= 11 is 0. The second kappa shape index (κ2) is 6.06. The van der Waals surface area contributed by atoms with E-state index in [4.69, 9.17) is 5.10 Å². The molecule has 0 radical (unpaired) electrons. The monoisotopic (exact) mass is 325 g/mol. The van der Waals surface area contributed by atoms with Crippen LogP contribution in [0.3, 0.4) is 0 Å². The molecule has 1 heterocycles. The molecule has 0 bridgehead atoms. The molecule has 1 saturated carbocycles. The van der Waals surface area contributed by atoms with E-state index in [0.29, 0.717) is 12.2 Å². The van der Waals surface area contributed by atoms with Gasteiger partial charge in [0.1, 0.15) is 0 Å². The van der Waals surface area contributed by atoms with Crippen LogP contribution >= 0.6 is 0 Å². The molecular formula is C19H23N3O2. The number of benzene rings is 1. The van der Waals surface area contributed by atoms with E-state index in [1.54, 1.807) is 0 Å². The molecule has 4 rings (SSSR count). The Bertz CT molecular complexity index is 777. The van der Waals surface area contributed by atoms with Crippen molar-refractivity contribution >= 4 is 5.91 Å². The minimum Gasteiger partial charge on any atom is -0.395 e. The van der Waals surface area contributed by atoms with Crippen molar-refractivity contribution in [2.75, 3.05) is 13.2 Å². The average molecular weight is 325 g/mol. The Hall–Kier alpha value is -2.14. The number of fused-ring (bicyclic) bond motifs is 1. The Balaban J connectivity index is 1.76. The van der Waals surface area contributed by atoms with Gasteiger partial charge in [0.2, 0.25) is 0 Å². The number of carbonyl (C=O) groups excluding carboxylic acids is 1. The lowest BCUT2D eigenvalue weighted by Crippen LogP contribution is -2.36. The van der Waals surface area contributed by atoms with Crippen LogP contribution in [0, 0.1) is 6.92 Å². The third-order valence-corrected chi connectivity index (χ3v) is 5.07. The van der Waals surface area contributed by atoms with Gasteiger partial charge in [-0.25, -0.2) is 4.68 Å². The molecule has 2 aliphatic carbocycles. The highest BCUT2D eigenvalue weighted by atomic mass is 16.3. The van der Waals surface area contributed by atoms with Crippen molar-refractivity contribution in [1.29, 1.82) is 0 Å². The standard InChI is InChI=1S/C19H23N3O2/c1-13-5-2-3-7-16(13)22-17-8-4-6-15(17)18(20-22)19(24)21(11-12-23)14-9-10-14/h2-3,5,7,14,23H,4,6,8-12H2,1H3. The number of aromatic nitrogens is 2. The fourth-order valence-electron chi connectivity index (χ4n) is 3.69. The molecule has 1 N–H and O–H groups in total. The lowest BCUT2D eigenvalue weighted by molar-refractivity contribution is 0.0700. The van der Waals surface area contributed by atoms with Gasteiger partial charge in [0.25, 0.3) is 5.91 Å². The minimum atomic E-state index is -0.0166. The molecular weight excluding hydrogens is 302 g/mol. The molecule has 5 heteroatoms. The maximum Gasteiger partial charge on any atom is 0.274 e. The van der Waals surface area contributed by atoms with Crippen LogP contribution in [0.25, 0.3) is 5.69 Å². The summed E-state index contributed by atoms with van der Waals surface area (Å²) in [6, 6.07) is 8.44. The van der Waals surface area contributed by atoms with E-state index in [2.05, 4.69) is 19.1 Å². The second-order valence-corrected chi connectivity index (χ2v) is 6.78. The Kier molecular flexibility index (Phi) is 3.88. The smallest absolute Gasteiger partial charge is 0.274 e. The Morgan fingerprint density at radius 1 is 1.33 bits per heavy atom. The number of aryl methyl sites for hydroxylation is 1. The molecule has 0 saturated heterocycles. The van der Waals surface area contributed by atoms with E-state index >= 15 is 0 Å². The van der Waals surface area contributed by atoms with Crippen molar-refractivity contribution in [3.05, 3.63) is 46.8 Å². The van der Waals surface area contributed by atoms with Gasteiger partial charge in [0.15, 0.2) is 5.69 Å². The number of hydrogen-bond donors (Lipinski definition) is 1. The summed E-state index contributed by atoms with van der Waals surface area (Å²) in [7, 11) is 0. The van der Waals surface area contributed by atoms with Gasteiger partial charge in [-0.1, -0.05) is 18.2 Å². The van der Waals surface area contributed by atoms with Crippen LogP contribution in [0.2, 0.25) is 0 Å². The van der Waals surface area contributed by atoms with Gasteiger partial charge in [-0.2, -0.15) is 5.10 Å². The van der Waals surface area contributed by atoms with Gasteiger partial charge in [-0.3, -0.25) is 4.79 Å². The summed E-state index contributed by atoms with van der Waals surface area (Å²) in [4.78, 5) is 14.9. The molecule has 0 spiro atoms. The number of carbonyl (C=O) groups is 1. The van der Waals surface area contributed by atoms with Gasteiger partial charge >= 0.3 is 0 Å². The van der Waals surface area contributed by atoms with E-state index in [1.807, 2.05) is 21.7 Å². The normalized spacial score (nSPS) is 16.2. The molecule has 5 nitrogen and oxygen atoms in total. The molecule has 126 valence electrons. The fraction of sp³-hybridized carbons (Fsp3) is 0.474. The third kappa shape index (κ3) is 2.53. The number of hydrogen-bond acceptors (Lipinski definition) is 3. The summed E-state index contributed by atoms with van der Waals surface area (Å²) in [6.07, 6.45) is 5.02. The summed E-state index contributed by atoms with van der Waals surface area (Å²) in [5.74, 6) is -0.0166. The summed E-state index contributed by atoms with van der Waals surface area (Å²) < 4.78 is 1.97. The molecule has 1 aromatic heterocycles. The van der Waals surface area contributed by atoms with Crippen LogP contribution in [0.1, 0.15) is 46.6 Å². The van der Waals surface area contributed by atoms with Gasteiger partial charge in [-0.15, -0.1) is 0 Å². The zero-order valence-electron chi connectivity index (χ0n) is 14.0. The van der Waals surface area contributed by atoms with Crippen LogP contribution in [-0.4, -0.2) is 44.9 Å². The maximum absolute atomic E-state index is 13.0. The average Bonchev–Trinajstić information content (AvgIpc) is 3.19. The quantitative estimate of drug-likeness (QED) is 0.917. The zero-order valence-corrected chi connectivity index (χ0v) is 14.0. The first-order valence-electron chi connectivity index (χ1n) is 8.79. The van der Waals surface area contributed by atoms with Crippen LogP contribution in [0.15, 0.2) is 24.3 Å². The summed E-state index contributed by atoms with van der Waals surface area (Å²) in [6.45, 7) is 2.47. The molecule has 24 heavy (non-hydrogen) atoms. The number of nitrogens with zero attached hydrogens (tertiary/aromatic N) is 3. The number of aliphatic hydroxyl groups excluding tert-OH is 1. The fourth-order valence-corrected chi connectivity index (χ4v) is 3.69. The minimum absolute atomic E-state index is 0.00291. The van der Waals surface area contributed by atoms with E-state index in [0.717, 1.165) is 48.9 Å². The maximum atomic E-state index is 13.0. The van der Waals surface area contributed by atoms with Crippen molar-refractivity contribution in [2.45, 2.75) is 45.1 Å². The van der Waals surface area contributed by atoms with Gasteiger partial charge in [-0.05, 0) is 50.7 Å². The Labute approximate surface area is 141 Å². The van der Waals surface area contributed by atoms with Crippen molar-refractivity contribution in [2.24, 2.45) is 0 Å². The molecule has 1 fully saturated rings. The number of amides is 1. The third-order valence-electron chi connectivity index (χ3n) is 5.07. The van der Waals surface area contributed by atoms with Crippen molar-refractivity contribution in [3.63, 3.8) is 0 Å². The van der Waals surface area contributed by atoms with E-state index in [9.17, 15) is 9.90 Å². The highest BCUT2D eigenvalue weighted by molar-refractivity contribution is 5.94. The van der Waals surface area contributed by atoms with Crippen molar-refractivity contribution in [1.82, 2.24) is 14.7 Å². The van der Waals surface area contributed by atoms with E-state index in [-0.39, 0.29) is 18.6 Å². The molecule has 2 aliphatic rings. The van der Waals surface area contributed by atoms with Gasteiger partial charge in [0, 0.05) is 23.8 Å². The van der Waals surface area contributed by atoms with Crippen LogP contribution in [0.4, 0.5) is 0 Å². The van der Waals surface area contributed by atoms with Gasteiger partial charge in [0.05, 0.1) is 12.3 Å².